The molecule has 0 spiro atoms. The molecular formula is C117H121N7OS. The van der Waals surface area contributed by atoms with E-state index < -0.39 is 0 Å². The standard InChI is InChI=1S/C28H26N2.C25H27N.C22H22N2.C22H21NS.C20H25NO/c1-28(2,3)21-18-19-26-27(20-21)30(23-14-8-5-9-15-23)25-17-11-10-16-24(25)29(26)22-12-6-4-7-13-22;1-24(2,3)18-15-16-23-21(17-18)25(4,5)20-13-9-10-14-22(20)26(23)19-11-7-6-8-12-19;1-22(2,3)24-20-15-9-7-13-18(20)23(17-11-5-4-6-12-17)19-14-8-10-16-21(19)24;1-22(2,3)17-12-9-14-19-21(17)24-20-15-8-7-13-18(20)23(19)16-10-5-4-6-11-16;1-19(2,3)14-11-12-16-18(13-14)22-17-10-8-7-9-15(17)21(16)20(4,5)6/h4-20H,1-3H3;6-17H,1-5H3;4-16H,1-3H3;4-15H,1-3H3;7-13H,1-6H3. The van der Waals surface area contributed by atoms with Crippen LogP contribution in [-0.2, 0) is 27.1 Å². The molecule has 5 aliphatic rings. The third kappa shape index (κ3) is 17.4. The van der Waals surface area contributed by atoms with Crippen LogP contribution in [0, 0.1) is 0 Å². The summed E-state index contributed by atoms with van der Waals surface area (Å²) in [4.78, 5) is 19.4. The van der Waals surface area contributed by atoms with Gasteiger partial charge in [-0.15, -0.1) is 0 Å². The number of ether oxygens (including phenoxy) is 1. The Hall–Kier alpha value is -13.0. The molecule has 0 unspecified atom stereocenters. The summed E-state index contributed by atoms with van der Waals surface area (Å²) < 4.78 is 6.20. The zero-order chi connectivity index (χ0) is 88.8. The van der Waals surface area contributed by atoms with E-state index in [1.807, 2.05) is 23.9 Å². The van der Waals surface area contributed by atoms with Gasteiger partial charge in [-0.25, -0.2) is 0 Å². The topological polar surface area (TPSA) is 31.9 Å². The first kappa shape index (κ1) is 86.6. The molecule has 0 saturated heterocycles. The summed E-state index contributed by atoms with van der Waals surface area (Å²) in [7, 11) is 0. The molecule has 126 heavy (non-hydrogen) atoms. The number of para-hydroxylation sites is 15. The fourth-order valence-corrected chi connectivity index (χ4v) is 19.3. The molecule has 0 bridgehead atoms. The minimum absolute atomic E-state index is 0.00498. The van der Waals surface area contributed by atoms with Crippen molar-refractivity contribution in [2.24, 2.45) is 0 Å². The lowest BCUT2D eigenvalue weighted by Crippen LogP contribution is -2.40. The molecule has 0 atom stereocenters. The Morgan fingerprint density at radius 3 is 0.968 bits per heavy atom. The molecule has 15 aromatic carbocycles. The van der Waals surface area contributed by atoms with Crippen LogP contribution in [0.3, 0.4) is 0 Å². The van der Waals surface area contributed by atoms with Crippen LogP contribution in [0.1, 0.15) is 172 Å². The molecule has 5 aliphatic heterocycles. The molecule has 0 aliphatic carbocycles. The van der Waals surface area contributed by atoms with Crippen molar-refractivity contribution in [2.45, 2.75) is 186 Å². The monoisotopic (exact) mass is 1670 g/mol. The van der Waals surface area contributed by atoms with Crippen molar-refractivity contribution in [3.63, 3.8) is 0 Å². The van der Waals surface area contributed by atoms with Crippen LogP contribution >= 0.6 is 11.8 Å². The highest BCUT2D eigenvalue weighted by atomic mass is 32.2. The molecule has 0 radical (unpaired) electrons. The summed E-state index contributed by atoms with van der Waals surface area (Å²) in [6, 6.07) is 132. The largest absolute Gasteiger partial charge is 0.453 e. The lowest BCUT2D eigenvalue weighted by atomic mass is 9.71. The second-order valence-electron chi connectivity index (χ2n) is 39.9. The predicted molar refractivity (Wildman–Crippen MR) is 541 cm³/mol. The maximum Gasteiger partial charge on any atom is 0.151 e. The van der Waals surface area contributed by atoms with Crippen molar-refractivity contribution in [3.05, 3.63) is 403 Å². The second-order valence-corrected chi connectivity index (χ2v) is 40.9. The molecule has 0 saturated carbocycles. The highest BCUT2D eigenvalue weighted by Gasteiger charge is 2.41. The Morgan fingerprint density at radius 2 is 0.524 bits per heavy atom. The first-order valence-corrected chi connectivity index (χ1v) is 45.3. The van der Waals surface area contributed by atoms with Gasteiger partial charge in [0.2, 0.25) is 0 Å². The summed E-state index contributed by atoms with van der Waals surface area (Å²) in [6.07, 6.45) is 0. The van der Waals surface area contributed by atoms with Crippen molar-refractivity contribution in [3.8, 4) is 11.5 Å². The SMILES string of the molecule is CC(C)(C)N1c2ccccc2N(c2ccccc2)c2ccccc21.CC(C)(C)c1ccc2c(c1)C(C)(C)c1ccccc1N2c1ccccc1.CC(C)(C)c1ccc2c(c1)N(c1ccccc1)c1ccccc1N2c1ccccc1.CC(C)(C)c1ccc2c(c1)Oc1ccccc1N2C(C)(C)C.CC(C)(C)c1cccc2c1Sc1ccccc1N2c1ccccc1. The van der Waals surface area contributed by atoms with Gasteiger partial charge < -0.3 is 39.0 Å². The van der Waals surface area contributed by atoms with Crippen LogP contribution < -0.4 is 39.0 Å². The number of hydrogen-bond acceptors (Lipinski definition) is 9. The van der Waals surface area contributed by atoms with Crippen LogP contribution in [0.4, 0.5) is 108 Å². The maximum absolute atomic E-state index is 6.20. The van der Waals surface area contributed by atoms with Gasteiger partial charge in [0.1, 0.15) is 0 Å². The maximum atomic E-state index is 6.20. The third-order valence-electron chi connectivity index (χ3n) is 24.2. The van der Waals surface area contributed by atoms with E-state index in [4.69, 9.17) is 4.74 Å². The average molecular weight is 1670 g/mol. The van der Waals surface area contributed by atoms with E-state index >= 15 is 0 Å². The van der Waals surface area contributed by atoms with Gasteiger partial charge in [0.15, 0.2) is 11.5 Å². The Labute approximate surface area is 755 Å². The van der Waals surface area contributed by atoms with Crippen molar-refractivity contribution >= 4 is 120 Å². The van der Waals surface area contributed by atoms with Crippen molar-refractivity contribution < 1.29 is 4.74 Å². The van der Waals surface area contributed by atoms with Crippen molar-refractivity contribution in [2.75, 3.05) is 34.3 Å². The van der Waals surface area contributed by atoms with Gasteiger partial charge in [-0.2, -0.15) is 0 Å². The number of benzene rings is 15. The van der Waals surface area contributed by atoms with Gasteiger partial charge in [-0.1, -0.05) is 315 Å². The molecule has 636 valence electrons. The lowest BCUT2D eigenvalue weighted by molar-refractivity contribution is 0.448. The number of nitrogens with zero attached hydrogens (tertiary/aromatic N) is 7. The molecule has 0 amide bonds. The molecule has 0 fully saturated rings. The zero-order valence-electron chi connectivity index (χ0n) is 77.2. The van der Waals surface area contributed by atoms with Gasteiger partial charge in [0, 0.05) is 54.7 Å². The number of anilines is 19. The Bertz CT molecular complexity index is 6310. The van der Waals surface area contributed by atoms with E-state index in [1.165, 1.54) is 140 Å². The lowest BCUT2D eigenvalue weighted by Gasteiger charge is -2.46. The number of rotatable bonds is 5. The molecule has 20 rings (SSSR count). The molecule has 15 aromatic rings. The van der Waals surface area contributed by atoms with Crippen LogP contribution in [0.5, 0.6) is 11.5 Å². The second kappa shape index (κ2) is 34.5. The Balaban J connectivity index is 0.000000116. The van der Waals surface area contributed by atoms with Crippen LogP contribution in [0.25, 0.3) is 0 Å². The fraction of sp³-hybridized carbons (Fsp3) is 0.231. The molecule has 0 aromatic heterocycles. The van der Waals surface area contributed by atoms with Crippen molar-refractivity contribution in [1.82, 2.24) is 0 Å². The molecule has 0 N–H and O–H groups in total. The fourth-order valence-electron chi connectivity index (χ4n) is 17.9. The van der Waals surface area contributed by atoms with E-state index in [0.29, 0.717) is 0 Å². The number of fused-ring (bicyclic) bond motifs is 10. The first-order chi connectivity index (χ1) is 60.1. The quantitative estimate of drug-likeness (QED) is 0.167. The van der Waals surface area contributed by atoms with E-state index in [9.17, 15) is 0 Å². The molecule has 8 nitrogen and oxygen atoms in total. The van der Waals surface area contributed by atoms with Gasteiger partial charge in [0.05, 0.1) is 79.6 Å². The van der Waals surface area contributed by atoms with Gasteiger partial charge in [-0.05, 0) is 260 Å². The summed E-state index contributed by atoms with van der Waals surface area (Å²) in [6.45, 7) is 45.4. The molecule has 5 heterocycles. The van der Waals surface area contributed by atoms with Crippen LogP contribution in [-0.4, -0.2) is 11.1 Å². The first-order valence-electron chi connectivity index (χ1n) is 44.5. The van der Waals surface area contributed by atoms with E-state index in [1.54, 1.807) is 0 Å². The minimum atomic E-state index is -0.0293. The Kier molecular flexibility index (Phi) is 23.7. The van der Waals surface area contributed by atoms with E-state index in [2.05, 4.69) is 531 Å². The van der Waals surface area contributed by atoms with Gasteiger partial charge in [-0.3, -0.25) is 0 Å². The van der Waals surface area contributed by atoms with Gasteiger partial charge in [0.25, 0.3) is 0 Å². The predicted octanol–water partition coefficient (Wildman–Crippen LogP) is 34.7. The van der Waals surface area contributed by atoms with E-state index in [-0.39, 0.29) is 38.2 Å². The smallest absolute Gasteiger partial charge is 0.151 e. The summed E-state index contributed by atoms with van der Waals surface area (Å²) in [5.74, 6) is 1.87. The van der Waals surface area contributed by atoms with Crippen molar-refractivity contribution in [1.29, 1.82) is 0 Å². The zero-order valence-corrected chi connectivity index (χ0v) is 78.0. The summed E-state index contributed by atoms with van der Waals surface area (Å²) in [5.41, 5.74) is 31.6. The average Bonchev–Trinajstić information content (AvgIpc) is 0.736. The van der Waals surface area contributed by atoms with E-state index in [0.717, 1.165) is 22.9 Å². The summed E-state index contributed by atoms with van der Waals surface area (Å²) in [5, 5.41) is 0. The van der Waals surface area contributed by atoms with Gasteiger partial charge >= 0.3 is 0 Å². The molecule has 9 heteroatoms. The Morgan fingerprint density at radius 1 is 0.222 bits per heavy atom. The highest BCUT2D eigenvalue weighted by molar-refractivity contribution is 7.99. The highest BCUT2D eigenvalue weighted by Crippen LogP contribution is 2.60. The summed E-state index contributed by atoms with van der Waals surface area (Å²) >= 11 is 1.89. The number of hydrogen-bond donors (Lipinski definition) is 0. The normalized spacial score (nSPS) is 13.9. The third-order valence-corrected chi connectivity index (χ3v) is 25.4. The minimum Gasteiger partial charge on any atom is -0.453 e. The molecular weight excluding hydrogens is 1550 g/mol. The van der Waals surface area contributed by atoms with Crippen LogP contribution in [0.2, 0.25) is 0 Å². The van der Waals surface area contributed by atoms with Crippen LogP contribution in [0.15, 0.2) is 380 Å².